The normalized spacial score (nSPS) is 13.2. The van der Waals surface area contributed by atoms with Gasteiger partial charge in [-0.1, -0.05) is 37.6 Å². The third-order valence-electron chi connectivity index (χ3n) is 1.89. The summed E-state index contributed by atoms with van der Waals surface area (Å²) in [6, 6.07) is 7.94. The number of halogens is 1. The maximum absolute atomic E-state index is 5.83. The van der Waals surface area contributed by atoms with E-state index in [9.17, 15) is 0 Å². The molecule has 0 aliphatic rings. The lowest BCUT2D eigenvalue weighted by Crippen LogP contribution is -2.11. The van der Waals surface area contributed by atoms with Crippen LogP contribution in [0.4, 0.5) is 0 Å². The summed E-state index contributed by atoms with van der Waals surface area (Å²) in [5.74, 6) is 0. The molecule has 1 rings (SSSR count). The molecule has 0 aromatic heterocycles. The fourth-order valence-corrected chi connectivity index (χ4v) is 2.48. The van der Waals surface area contributed by atoms with Gasteiger partial charge in [0, 0.05) is 16.8 Å². The smallest absolute Gasteiger partial charge is 0.0422 e. The van der Waals surface area contributed by atoms with Crippen molar-refractivity contribution in [3.8, 4) is 0 Å². The molecular formula is C11H16ClNS. The van der Waals surface area contributed by atoms with E-state index in [1.165, 1.54) is 5.56 Å². The second-order valence-corrected chi connectivity index (χ2v) is 5.68. The molecule has 78 valence electrons. The second kappa shape index (κ2) is 5.64. The van der Waals surface area contributed by atoms with E-state index in [2.05, 4.69) is 26.0 Å². The van der Waals surface area contributed by atoms with Crippen molar-refractivity contribution < 1.29 is 0 Å². The van der Waals surface area contributed by atoms with E-state index >= 15 is 0 Å². The fraction of sp³-hybridized carbons (Fsp3) is 0.455. The molecule has 0 fully saturated rings. The van der Waals surface area contributed by atoms with Gasteiger partial charge in [-0.05, 0) is 22.9 Å². The second-order valence-electron chi connectivity index (χ2n) is 3.46. The third kappa shape index (κ3) is 3.52. The first-order valence-electron chi connectivity index (χ1n) is 4.74. The standard InChI is InChI=1S/C11H16ClNS/c1-8(2)14-11(7-13)9-3-5-10(12)6-4-9/h3-6,8,11H,7,13H2,1-2H3. The Bertz CT molecular complexity index is 271. The molecule has 1 unspecified atom stereocenters. The van der Waals surface area contributed by atoms with Gasteiger partial charge in [0.25, 0.3) is 0 Å². The zero-order valence-corrected chi connectivity index (χ0v) is 10.1. The van der Waals surface area contributed by atoms with Crippen LogP contribution in [0.15, 0.2) is 24.3 Å². The minimum Gasteiger partial charge on any atom is -0.329 e. The van der Waals surface area contributed by atoms with E-state index in [0.717, 1.165) is 5.02 Å². The Morgan fingerprint density at radius 3 is 2.29 bits per heavy atom. The molecule has 0 aliphatic carbocycles. The van der Waals surface area contributed by atoms with Crippen LogP contribution in [0.3, 0.4) is 0 Å². The molecule has 0 amide bonds. The Morgan fingerprint density at radius 2 is 1.86 bits per heavy atom. The monoisotopic (exact) mass is 229 g/mol. The summed E-state index contributed by atoms with van der Waals surface area (Å²) >= 11 is 7.72. The van der Waals surface area contributed by atoms with Gasteiger partial charge in [0.05, 0.1) is 0 Å². The lowest BCUT2D eigenvalue weighted by atomic mass is 10.1. The summed E-state index contributed by atoms with van der Waals surface area (Å²) in [5.41, 5.74) is 7.00. The maximum atomic E-state index is 5.83. The molecule has 2 N–H and O–H groups in total. The van der Waals surface area contributed by atoms with Gasteiger partial charge in [0.15, 0.2) is 0 Å². The molecule has 0 radical (unpaired) electrons. The highest BCUT2D eigenvalue weighted by atomic mass is 35.5. The number of hydrogen-bond donors (Lipinski definition) is 1. The highest BCUT2D eigenvalue weighted by molar-refractivity contribution is 8.00. The summed E-state index contributed by atoms with van der Waals surface area (Å²) in [6.07, 6.45) is 0. The molecule has 0 saturated carbocycles. The predicted octanol–water partition coefficient (Wildman–Crippen LogP) is 3.48. The molecule has 0 saturated heterocycles. The number of hydrogen-bond acceptors (Lipinski definition) is 2. The molecule has 14 heavy (non-hydrogen) atoms. The van der Waals surface area contributed by atoms with Gasteiger partial charge in [-0.15, -0.1) is 11.8 Å². The van der Waals surface area contributed by atoms with E-state index in [1.807, 2.05) is 23.9 Å². The van der Waals surface area contributed by atoms with Crippen LogP contribution in [0.2, 0.25) is 5.02 Å². The van der Waals surface area contributed by atoms with Crippen LogP contribution in [0.25, 0.3) is 0 Å². The Kier molecular flexibility index (Phi) is 4.79. The first-order chi connectivity index (χ1) is 6.63. The topological polar surface area (TPSA) is 26.0 Å². The van der Waals surface area contributed by atoms with Crippen molar-refractivity contribution in [2.45, 2.75) is 24.3 Å². The minimum atomic E-state index is 0.382. The lowest BCUT2D eigenvalue weighted by molar-refractivity contribution is 0.928. The third-order valence-corrected chi connectivity index (χ3v) is 3.48. The molecule has 0 bridgehead atoms. The minimum absolute atomic E-state index is 0.382. The number of rotatable bonds is 4. The largest absolute Gasteiger partial charge is 0.329 e. The van der Waals surface area contributed by atoms with E-state index in [4.69, 9.17) is 17.3 Å². The van der Waals surface area contributed by atoms with E-state index in [-0.39, 0.29) is 0 Å². The van der Waals surface area contributed by atoms with Crippen LogP contribution in [-0.4, -0.2) is 11.8 Å². The van der Waals surface area contributed by atoms with Crippen LogP contribution < -0.4 is 5.73 Å². The first kappa shape index (κ1) is 11.9. The number of benzene rings is 1. The summed E-state index contributed by atoms with van der Waals surface area (Å²) in [4.78, 5) is 0. The Morgan fingerprint density at radius 1 is 1.29 bits per heavy atom. The van der Waals surface area contributed by atoms with Gasteiger partial charge < -0.3 is 5.73 Å². The molecular weight excluding hydrogens is 214 g/mol. The molecule has 0 spiro atoms. The van der Waals surface area contributed by atoms with Crippen LogP contribution in [-0.2, 0) is 0 Å². The molecule has 1 atom stereocenters. The highest BCUT2D eigenvalue weighted by Gasteiger charge is 2.11. The van der Waals surface area contributed by atoms with Crippen molar-refractivity contribution in [1.29, 1.82) is 0 Å². The van der Waals surface area contributed by atoms with E-state index in [1.54, 1.807) is 0 Å². The van der Waals surface area contributed by atoms with Gasteiger partial charge in [-0.3, -0.25) is 0 Å². The first-order valence-corrected chi connectivity index (χ1v) is 6.06. The van der Waals surface area contributed by atoms with Gasteiger partial charge >= 0.3 is 0 Å². The predicted molar refractivity (Wildman–Crippen MR) is 66.0 cm³/mol. The van der Waals surface area contributed by atoms with Crippen LogP contribution in [0.1, 0.15) is 24.7 Å². The fourth-order valence-electron chi connectivity index (χ4n) is 1.28. The maximum Gasteiger partial charge on any atom is 0.0422 e. The number of thioether (sulfide) groups is 1. The highest BCUT2D eigenvalue weighted by Crippen LogP contribution is 2.31. The van der Waals surface area contributed by atoms with Crippen LogP contribution in [0, 0.1) is 0 Å². The zero-order chi connectivity index (χ0) is 10.6. The van der Waals surface area contributed by atoms with Gasteiger partial charge in [-0.25, -0.2) is 0 Å². The average molecular weight is 230 g/mol. The van der Waals surface area contributed by atoms with E-state index in [0.29, 0.717) is 17.0 Å². The lowest BCUT2D eigenvalue weighted by Gasteiger charge is -2.17. The van der Waals surface area contributed by atoms with Crippen molar-refractivity contribution in [3.05, 3.63) is 34.9 Å². The zero-order valence-electron chi connectivity index (χ0n) is 8.53. The van der Waals surface area contributed by atoms with Crippen molar-refractivity contribution in [2.75, 3.05) is 6.54 Å². The summed E-state index contributed by atoms with van der Waals surface area (Å²) in [6.45, 7) is 5.04. The van der Waals surface area contributed by atoms with Gasteiger partial charge in [0.2, 0.25) is 0 Å². The van der Waals surface area contributed by atoms with Gasteiger partial charge in [0.1, 0.15) is 0 Å². The van der Waals surface area contributed by atoms with E-state index < -0.39 is 0 Å². The Labute approximate surface area is 95.0 Å². The molecule has 1 nitrogen and oxygen atoms in total. The molecule has 1 aromatic rings. The van der Waals surface area contributed by atoms with Crippen molar-refractivity contribution in [3.63, 3.8) is 0 Å². The molecule has 1 aromatic carbocycles. The van der Waals surface area contributed by atoms with Gasteiger partial charge in [-0.2, -0.15) is 0 Å². The SMILES string of the molecule is CC(C)SC(CN)c1ccc(Cl)cc1. The Hall–Kier alpha value is -0.180. The molecule has 3 heteroatoms. The number of nitrogens with two attached hydrogens (primary N) is 1. The molecule has 0 aliphatic heterocycles. The van der Waals surface area contributed by atoms with Crippen molar-refractivity contribution >= 4 is 23.4 Å². The Balaban J connectivity index is 2.73. The van der Waals surface area contributed by atoms with Crippen molar-refractivity contribution in [2.24, 2.45) is 5.73 Å². The van der Waals surface area contributed by atoms with Crippen LogP contribution in [0.5, 0.6) is 0 Å². The summed E-state index contributed by atoms with van der Waals surface area (Å²) in [5, 5.41) is 1.76. The summed E-state index contributed by atoms with van der Waals surface area (Å²) in [7, 11) is 0. The summed E-state index contributed by atoms with van der Waals surface area (Å²) < 4.78 is 0. The van der Waals surface area contributed by atoms with Crippen LogP contribution >= 0.6 is 23.4 Å². The average Bonchev–Trinajstić information content (AvgIpc) is 2.15. The quantitative estimate of drug-likeness (QED) is 0.856. The molecule has 0 heterocycles. The van der Waals surface area contributed by atoms with Crippen molar-refractivity contribution in [1.82, 2.24) is 0 Å².